The molecule has 0 radical (unpaired) electrons. The monoisotopic (exact) mass is 449 g/mol. The first-order valence-electron chi connectivity index (χ1n) is 11.7. The van der Waals surface area contributed by atoms with Crippen LogP contribution in [0.3, 0.4) is 0 Å². The van der Waals surface area contributed by atoms with Crippen LogP contribution in [0, 0.1) is 0 Å². The minimum absolute atomic E-state index is 0.913. The van der Waals surface area contributed by atoms with Gasteiger partial charge >= 0.3 is 0 Å². The van der Waals surface area contributed by atoms with Crippen LogP contribution >= 0.6 is 0 Å². The molecule has 0 aliphatic heterocycles. The van der Waals surface area contributed by atoms with Gasteiger partial charge in [0.1, 0.15) is 23.0 Å². The minimum atomic E-state index is 0.913. The van der Waals surface area contributed by atoms with Crippen LogP contribution in [0.15, 0.2) is 120 Å². The van der Waals surface area contributed by atoms with Crippen LogP contribution in [0.25, 0.3) is 66.2 Å². The second-order valence-corrected chi connectivity index (χ2v) is 8.88. The van der Waals surface area contributed by atoms with Crippen LogP contribution in [0.5, 0.6) is 0 Å². The third-order valence-electron chi connectivity index (χ3n) is 7.01. The Morgan fingerprint density at radius 3 is 2.26 bits per heavy atom. The van der Waals surface area contributed by atoms with Gasteiger partial charge in [0.2, 0.25) is 0 Å². The predicted molar refractivity (Wildman–Crippen MR) is 143 cm³/mol. The molecule has 0 spiro atoms. The lowest BCUT2D eigenvalue weighted by Crippen LogP contribution is -1.96. The highest BCUT2D eigenvalue weighted by atomic mass is 16.3. The number of imidazole rings is 1. The number of furan rings is 1. The average molecular weight is 450 g/mol. The molecule has 164 valence electrons. The quantitative estimate of drug-likeness (QED) is 0.268. The molecule has 3 aromatic heterocycles. The van der Waals surface area contributed by atoms with Crippen LogP contribution in [0.4, 0.5) is 0 Å². The second kappa shape index (κ2) is 6.84. The fraction of sp³-hybridized carbons (Fsp3) is 0. The predicted octanol–water partition coefficient (Wildman–Crippen LogP) is 8.02. The summed E-state index contributed by atoms with van der Waals surface area (Å²) in [7, 11) is 0. The Morgan fingerprint density at radius 2 is 1.34 bits per heavy atom. The van der Waals surface area contributed by atoms with E-state index < -0.39 is 0 Å². The van der Waals surface area contributed by atoms with Crippen molar-refractivity contribution in [1.82, 2.24) is 14.1 Å². The van der Waals surface area contributed by atoms with E-state index in [2.05, 4.69) is 100 Å². The normalized spacial score (nSPS) is 12.0. The molecule has 5 aromatic carbocycles. The SMILES string of the molecule is c1ccc(-n2cnc3c(-n4c5ccccc5c5c6oc7ccccc7c6ccc54)cccc32)cc1. The van der Waals surface area contributed by atoms with Gasteiger partial charge in [-0.25, -0.2) is 4.98 Å². The van der Waals surface area contributed by atoms with Crippen LogP contribution in [0.2, 0.25) is 0 Å². The summed E-state index contributed by atoms with van der Waals surface area (Å²) in [5.41, 5.74) is 8.28. The van der Waals surface area contributed by atoms with Crippen molar-refractivity contribution in [2.75, 3.05) is 0 Å². The van der Waals surface area contributed by atoms with E-state index >= 15 is 0 Å². The topological polar surface area (TPSA) is 35.9 Å². The third-order valence-corrected chi connectivity index (χ3v) is 7.01. The van der Waals surface area contributed by atoms with E-state index in [1.807, 2.05) is 24.5 Å². The maximum atomic E-state index is 6.44. The molecule has 8 aromatic rings. The van der Waals surface area contributed by atoms with Crippen molar-refractivity contribution in [3.63, 3.8) is 0 Å². The number of hydrogen-bond acceptors (Lipinski definition) is 2. The molecule has 35 heavy (non-hydrogen) atoms. The zero-order chi connectivity index (χ0) is 22.9. The zero-order valence-corrected chi connectivity index (χ0v) is 18.7. The molecule has 0 fully saturated rings. The summed E-state index contributed by atoms with van der Waals surface area (Å²) in [4.78, 5) is 4.88. The van der Waals surface area contributed by atoms with Crippen molar-refractivity contribution in [2.45, 2.75) is 0 Å². The molecule has 4 nitrogen and oxygen atoms in total. The van der Waals surface area contributed by atoms with Gasteiger partial charge in [-0.2, -0.15) is 0 Å². The van der Waals surface area contributed by atoms with Crippen molar-refractivity contribution in [3.05, 3.63) is 116 Å². The number of hydrogen-bond donors (Lipinski definition) is 0. The average Bonchev–Trinajstić information content (AvgIpc) is 3.60. The van der Waals surface area contributed by atoms with Gasteiger partial charge in [0, 0.05) is 21.8 Å². The summed E-state index contributed by atoms with van der Waals surface area (Å²) < 4.78 is 10.9. The molecule has 0 N–H and O–H groups in total. The molecule has 3 heterocycles. The van der Waals surface area contributed by atoms with Gasteiger partial charge in [0.15, 0.2) is 0 Å². The van der Waals surface area contributed by atoms with E-state index in [-0.39, 0.29) is 0 Å². The lowest BCUT2D eigenvalue weighted by Gasteiger charge is -2.10. The summed E-state index contributed by atoms with van der Waals surface area (Å²) in [5, 5.41) is 4.59. The Hall–Kier alpha value is -4.83. The van der Waals surface area contributed by atoms with Crippen LogP contribution in [0.1, 0.15) is 0 Å². The first-order chi connectivity index (χ1) is 17.4. The molecule has 4 heteroatoms. The first-order valence-corrected chi connectivity index (χ1v) is 11.7. The first kappa shape index (κ1) is 18.6. The van der Waals surface area contributed by atoms with Gasteiger partial charge in [-0.05, 0) is 48.5 Å². The molecular formula is C31H19N3O. The van der Waals surface area contributed by atoms with Gasteiger partial charge in [-0.3, -0.25) is 4.57 Å². The summed E-state index contributed by atoms with van der Waals surface area (Å²) >= 11 is 0. The zero-order valence-electron chi connectivity index (χ0n) is 18.7. The molecule has 0 atom stereocenters. The summed E-state index contributed by atoms with van der Waals surface area (Å²) in [6, 6.07) is 37.9. The number of benzene rings is 5. The van der Waals surface area contributed by atoms with E-state index in [0.717, 1.165) is 60.8 Å². The molecule has 0 aliphatic carbocycles. The minimum Gasteiger partial charge on any atom is -0.455 e. The molecular weight excluding hydrogens is 430 g/mol. The standard InChI is InChI=1S/C31H19N3O/c1-2-9-20(10-3-1)33-19-32-30-26(33)14-8-15-27(30)34-24-13-6-4-12-23(24)29-25(34)18-17-22-21-11-5-7-16-28(21)35-31(22)29/h1-19H. The number of rotatable bonds is 2. The Labute approximate surface area is 200 Å². The highest BCUT2D eigenvalue weighted by Crippen LogP contribution is 2.41. The molecule has 0 amide bonds. The smallest absolute Gasteiger partial charge is 0.145 e. The Bertz CT molecular complexity index is 2060. The van der Waals surface area contributed by atoms with E-state index in [0.29, 0.717) is 0 Å². The lowest BCUT2D eigenvalue weighted by molar-refractivity contribution is 0.673. The van der Waals surface area contributed by atoms with E-state index in [1.165, 1.54) is 5.39 Å². The van der Waals surface area contributed by atoms with Crippen LogP contribution in [-0.2, 0) is 0 Å². The fourth-order valence-corrected chi connectivity index (χ4v) is 5.49. The van der Waals surface area contributed by atoms with Crippen molar-refractivity contribution in [3.8, 4) is 11.4 Å². The number of para-hydroxylation sites is 4. The molecule has 8 rings (SSSR count). The van der Waals surface area contributed by atoms with E-state index in [4.69, 9.17) is 9.40 Å². The fourth-order valence-electron chi connectivity index (χ4n) is 5.49. The Kier molecular flexibility index (Phi) is 3.63. The number of aromatic nitrogens is 3. The summed E-state index contributed by atoms with van der Waals surface area (Å²) in [6.45, 7) is 0. The second-order valence-electron chi connectivity index (χ2n) is 8.88. The Balaban J connectivity index is 1.50. The molecule has 0 saturated carbocycles. The molecule has 0 unspecified atom stereocenters. The third kappa shape index (κ3) is 2.48. The van der Waals surface area contributed by atoms with Gasteiger partial charge in [-0.1, -0.05) is 60.7 Å². The van der Waals surface area contributed by atoms with Crippen molar-refractivity contribution >= 4 is 54.8 Å². The van der Waals surface area contributed by atoms with E-state index in [1.54, 1.807) is 0 Å². The maximum Gasteiger partial charge on any atom is 0.145 e. The van der Waals surface area contributed by atoms with Gasteiger partial charge < -0.3 is 8.98 Å². The number of fused-ring (bicyclic) bond motifs is 8. The van der Waals surface area contributed by atoms with Crippen LogP contribution < -0.4 is 0 Å². The summed E-state index contributed by atoms with van der Waals surface area (Å²) in [6.07, 6.45) is 1.91. The molecule has 0 aliphatic rings. The van der Waals surface area contributed by atoms with Gasteiger partial charge in [0.25, 0.3) is 0 Å². The van der Waals surface area contributed by atoms with Gasteiger partial charge in [-0.15, -0.1) is 0 Å². The highest BCUT2D eigenvalue weighted by molar-refractivity contribution is 6.24. The molecule has 0 bridgehead atoms. The van der Waals surface area contributed by atoms with Crippen molar-refractivity contribution < 1.29 is 4.42 Å². The largest absolute Gasteiger partial charge is 0.455 e. The lowest BCUT2D eigenvalue weighted by atomic mass is 10.1. The highest BCUT2D eigenvalue weighted by Gasteiger charge is 2.20. The van der Waals surface area contributed by atoms with Crippen molar-refractivity contribution in [2.24, 2.45) is 0 Å². The van der Waals surface area contributed by atoms with Gasteiger partial charge in [0.05, 0.1) is 27.6 Å². The molecule has 0 saturated heterocycles. The van der Waals surface area contributed by atoms with Crippen LogP contribution in [-0.4, -0.2) is 14.1 Å². The van der Waals surface area contributed by atoms with E-state index in [9.17, 15) is 0 Å². The maximum absolute atomic E-state index is 6.44. The Morgan fingerprint density at radius 1 is 0.571 bits per heavy atom. The van der Waals surface area contributed by atoms with Crippen molar-refractivity contribution in [1.29, 1.82) is 0 Å². The summed E-state index contributed by atoms with van der Waals surface area (Å²) in [5.74, 6) is 0. The number of nitrogens with zero attached hydrogens (tertiary/aromatic N) is 3.